The third-order valence-corrected chi connectivity index (χ3v) is 12.2. The van der Waals surface area contributed by atoms with Crippen LogP contribution >= 0.6 is 86.4 Å². The van der Waals surface area contributed by atoms with Crippen molar-refractivity contribution in [3.63, 3.8) is 0 Å². The van der Waals surface area contributed by atoms with Crippen LogP contribution in [-0.4, -0.2) is 8.42 Å². The molecule has 146 valence electrons. The first-order valence-electron chi connectivity index (χ1n) is 8.21. The summed E-state index contributed by atoms with van der Waals surface area (Å²) in [5.74, 6) is 0. The predicted octanol–water partition coefficient (Wildman–Crippen LogP) is 9.01. The number of sulfone groups is 1. The minimum atomic E-state index is -3.54. The van der Waals surface area contributed by atoms with Crippen molar-refractivity contribution in [2.75, 3.05) is 0 Å². The van der Waals surface area contributed by atoms with Crippen LogP contribution in [0.2, 0.25) is 0 Å². The second kappa shape index (κ2) is 7.39. The molecule has 1 aliphatic heterocycles. The molecule has 0 unspecified atom stereocenters. The minimum absolute atomic E-state index is 0.411. The van der Waals surface area contributed by atoms with Gasteiger partial charge in [0.2, 0.25) is 9.84 Å². The number of hydrogen-bond acceptors (Lipinski definition) is 4. The van der Waals surface area contributed by atoms with E-state index in [0.29, 0.717) is 8.42 Å². The first-order chi connectivity index (χ1) is 13.8. The van der Waals surface area contributed by atoms with Crippen LogP contribution in [0.25, 0.3) is 33.4 Å². The molecule has 0 saturated carbocycles. The van der Waals surface area contributed by atoms with Gasteiger partial charge in [0.1, 0.15) is 8.42 Å². The lowest BCUT2D eigenvalue weighted by molar-refractivity contribution is 0.602. The Kier molecular flexibility index (Phi) is 5.25. The number of hydrogen-bond donors (Lipinski definition) is 0. The zero-order chi connectivity index (χ0) is 20.5. The van der Waals surface area contributed by atoms with E-state index in [0.717, 1.165) is 49.9 Å². The Morgan fingerprint density at radius 3 is 1.24 bits per heavy atom. The van der Waals surface area contributed by atoms with E-state index in [1.165, 1.54) is 22.7 Å². The van der Waals surface area contributed by atoms with Gasteiger partial charge in [0.25, 0.3) is 0 Å². The van der Waals surface area contributed by atoms with Gasteiger partial charge in [-0.15, -0.1) is 22.7 Å². The smallest absolute Gasteiger partial charge is 0.217 e. The fourth-order valence-corrected chi connectivity index (χ4v) is 11.2. The molecule has 0 bridgehead atoms. The average molecular weight is 696 g/mol. The van der Waals surface area contributed by atoms with Gasteiger partial charge in [-0.3, -0.25) is 0 Å². The predicted molar refractivity (Wildman–Crippen MR) is 135 cm³/mol. The van der Waals surface area contributed by atoms with E-state index >= 15 is 0 Å². The maximum atomic E-state index is 13.3. The van der Waals surface area contributed by atoms with Gasteiger partial charge < -0.3 is 0 Å². The first-order valence-corrected chi connectivity index (χ1v) is 14.5. The second-order valence-electron chi connectivity index (χ2n) is 6.34. The van der Waals surface area contributed by atoms with Crippen LogP contribution in [-0.2, 0) is 9.84 Å². The van der Waals surface area contributed by atoms with E-state index in [1.54, 1.807) is 0 Å². The summed E-state index contributed by atoms with van der Waals surface area (Å²) in [5, 5.41) is 0. The zero-order valence-corrected chi connectivity index (χ0v) is 23.0. The van der Waals surface area contributed by atoms with E-state index in [4.69, 9.17) is 0 Å². The van der Waals surface area contributed by atoms with Crippen molar-refractivity contribution in [3.8, 4) is 33.4 Å². The summed E-state index contributed by atoms with van der Waals surface area (Å²) in [6.07, 6.45) is 0. The highest BCUT2D eigenvalue weighted by Crippen LogP contribution is 2.61. The third-order valence-electron chi connectivity index (χ3n) is 4.67. The molecule has 0 aliphatic carbocycles. The van der Waals surface area contributed by atoms with Gasteiger partial charge >= 0.3 is 0 Å². The van der Waals surface area contributed by atoms with E-state index in [-0.39, 0.29) is 0 Å². The molecule has 29 heavy (non-hydrogen) atoms. The Morgan fingerprint density at radius 2 is 0.897 bits per heavy atom. The van der Waals surface area contributed by atoms with Crippen molar-refractivity contribution in [3.05, 3.63) is 65.0 Å². The summed E-state index contributed by atoms with van der Waals surface area (Å²) >= 11 is 16.8. The number of thiophene rings is 2. The van der Waals surface area contributed by atoms with Gasteiger partial charge in [-0.1, -0.05) is 56.1 Å². The lowest BCUT2D eigenvalue weighted by Gasteiger charge is -2.08. The van der Waals surface area contributed by atoms with Crippen molar-refractivity contribution in [1.82, 2.24) is 0 Å². The Bertz CT molecular complexity index is 1280. The number of benzene rings is 2. The van der Waals surface area contributed by atoms with Crippen LogP contribution in [0.5, 0.6) is 0 Å². The fraction of sp³-hybridized carbons (Fsp3) is 0. The molecule has 0 amide bonds. The highest BCUT2D eigenvalue weighted by Gasteiger charge is 2.43. The lowest BCUT2D eigenvalue weighted by Crippen LogP contribution is -1.91. The number of rotatable bonds is 2. The molecule has 9 heteroatoms. The van der Waals surface area contributed by atoms with Crippen LogP contribution in [0.1, 0.15) is 0 Å². The second-order valence-corrected chi connectivity index (χ2v) is 15.2. The SMILES string of the molecule is O=S1(=O)c2sc(Br)c(-c3ccc(Br)cc3)c2-c2c1sc(Br)c2-c1ccc(Br)cc1. The number of fused-ring (bicyclic) bond motifs is 3. The Balaban J connectivity index is 1.87. The lowest BCUT2D eigenvalue weighted by atomic mass is 9.95. The molecule has 3 heterocycles. The van der Waals surface area contributed by atoms with Gasteiger partial charge in [-0.25, -0.2) is 8.42 Å². The molecule has 0 radical (unpaired) electrons. The minimum Gasteiger partial charge on any atom is -0.217 e. The van der Waals surface area contributed by atoms with Crippen LogP contribution in [0.3, 0.4) is 0 Å². The van der Waals surface area contributed by atoms with E-state index in [2.05, 4.69) is 63.7 Å². The quantitative estimate of drug-likeness (QED) is 0.185. The van der Waals surface area contributed by atoms with E-state index in [1.807, 2.05) is 48.5 Å². The van der Waals surface area contributed by atoms with Crippen LogP contribution in [0.4, 0.5) is 0 Å². The molecule has 0 atom stereocenters. The molecule has 2 aromatic carbocycles. The number of halogens is 4. The molecule has 0 N–H and O–H groups in total. The Morgan fingerprint density at radius 1 is 0.552 bits per heavy atom. The van der Waals surface area contributed by atoms with Crippen molar-refractivity contribution in [2.24, 2.45) is 0 Å². The van der Waals surface area contributed by atoms with Crippen molar-refractivity contribution >= 4 is 96.2 Å². The molecule has 2 aromatic heterocycles. The molecular formula is C20H8Br4O2S3. The van der Waals surface area contributed by atoms with Crippen molar-refractivity contribution in [1.29, 1.82) is 0 Å². The van der Waals surface area contributed by atoms with Gasteiger partial charge in [-0.2, -0.15) is 0 Å². The Hall–Kier alpha value is -0.290. The van der Waals surface area contributed by atoms with Gasteiger partial charge in [0, 0.05) is 31.2 Å². The summed E-state index contributed by atoms with van der Waals surface area (Å²) in [7, 11) is -3.54. The molecule has 0 saturated heterocycles. The molecule has 2 nitrogen and oxygen atoms in total. The summed E-state index contributed by atoms with van der Waals surface area (Å²) in [4.78, 5) is 0. The van der Waals surface area contributed by atoms with Crippen molar-refractivity contribution in [2.45, 2.75) is 8.42 Å². The fourth-order valence-electron chi connectivity index (χ4n) is 3.43. The maximum absolute atomic E-state index is 13.3. The maximum Gasteiger partial charge on any atom is 0.226 e. The molecule has 1 aliphatic rings. The monoisotopic (exact) mass is 692 g/mol. The van der Waals surface area contributed by atoms with E-state index < -0.39 is 9.84 Å². The first kappa shape index (κ1) is 20.6. The highest BCUT2D eigenvalue weighted by atomic mass is 79.9. The van der Waals surface area contributed by atoms with E-state index in [9.17, 15) is 8.42 Å². The van der Waals surface area contributed by atoms with Crippen molar-refractivity contribution < 1.29 is 8.42 Å². The van der Waals surface area contributed by atoms with Crippen LogP contribution in [0, 0.1) is 0 Å². The molecule has 5 rings (SSSR count). The van der Waals surface area contributed by atoms with Gasteiger partial charge in [0.05, 0.1) is 7.57 Å². The van der Waals surface area contributed by atoms with Gasteiger partial charge in [-0.05, 0) is 67.3 Å². The molecular weight excluding hydrogens is 688 g/mol. The van der Waals surface area contributed by atoms with Gasteiger partial charge in [0.15, 0.2) is 0 Å². The summed E-state index contributed by atoms with van der Waals surface area (Å²) in [6.45, 7) is 0. The van der Waals surface area contributed by atoms with Crippen LogP contribution < -0.4 is 0 Å². The zero-order valence-electron chi connectivity index (χ0n) is 14.2. The third kappa shape index (κ3) is 3.20. The molecule has 4 aromatic rings. The summed E-state index contributed by atoms with van der Waals surface area (Å²) in [6, 6.07) is 15.9. The molecule has 0 fully saturated rings. The molecule has 0 spiro atoms. The largest absolute Gasteiger partial charge is 0.226 e. The normalized spacial score (nSPS) is 14.1. The summed E-state index contributed by atoms with van der Waals surface area (Å²) in [5.41, 5.74) is 5.37. The highest BCUT2D eigenvalue weighted by molar-refractivity contribution is 9.11. The Labute approximate surface area is 209 Å². The standard InChI is InChI=1S/C20H8Br4O2S3/c21-11-5-1-9(2-6-11)13-15-16-14(10-3-7-12(22)8-4-10)18(24)28-20(16)29(25,26)19(15)27-17(13)23/h1-8H. The summed E-state index contributed by atoms with van der Waals surface area (Å²) < 4.78 is 31.1. The van der Waals surface area contributed by atoms with Crippen LogP contribution in [0.15, 0.2) is 73.5 Å². The average Bonchev–Trinajstić information content (AvgIpc) is 3.26. The topological polar surface area (TPSA) is 34.1 Å².